The third kappa shape index (κ3) is 3.11. The molecular weight excluding hydrogens is 276 g/mol. The first-order chi connectivity index (χ1) is 11.2. The Morgan fingerprint density at radius 3 is 2.52 bits per heavy atom. The van der Waals surface area contributed by atoms with Gasteiger partial charge in [0.2, 0.25) is 0 Å². The van der Waals surface area contributed by atoms with Gasteiger partial charge in [-0.15, -0.1) is 0 Å². The van der Waals surface area contributed by atoms with Gasteiger partial charge in [-0.2, -0.15) is 0 Å². The molecule has 0 N–H and O–H groups in total. The SMILES string of the molecule is C/C=C1/CC/C(=C/C=C2\CCCC34CC3CCC24)CC1C.CC. The Morgan fingerprint density at radius 1 is 1.00 bits per heavy atom. The fourth-order valence-corrected chi connectivity index (χ4v) is 5.88. The van der Waals surface area contributed by atoms with Crippen LogP contribution in [-0.4, -0.2) is 0 Å². The van der Waals surface area contributed by atoms with E-state index in [0.29, 0.717) is 0 Å². The molecule has 0 aromatic heterocycles. The van der Waals surface area contributed by atoms with Crippen molar-refractivity contribution in [2.45, 2.75) is 85.5 Å². The lowest BCUT2D eigenvalue weighted by molar-refractivity contribution is 0.294. The zero-order chi connectivity index (χ0) is 16.4. The van der Waals surface area contributed by atoms with E-state index < -0.39 is 0 Å². The molecule has 4 atom stereocenters. The van der Waals surface area contributed by atoms with Crippen LogP contribution in [-0.2, 0) is 0 Å². The number of allylic oxidation sites excluding steroid dienone is 6. The highest BCUT2D eigenvalue weighted by molar-refractivity contribution is 5.30. The molecule has 23 heavy (non-hydrogen) atoms. The van der Waals surface area contributed by atoms with Crippen LogP contribution in [0, 0.1) is 23.2 Å². The minimum atomic E-state index is 0.769. The van der Waals surface area contributed by atoms with E-state index in [0.717, 1.165) is 23.2 Å². The van der Waals surface area contributed by atoms with Crippen molar-refractivity contribution in [3.8, 4) is 0 Å². The van der Waals surface area contributed by atoms with Crippen molar-refractivity contribution in [2.75, 3.05) is 0 Å². The van der Waals surface area contributed by atoms with Gasteiger partial charge in [-0.05, 0) is 87.9 Å². The predicted octanol–water partition coefficient (Wildman–Crippen LogP) is 7.23. The fourth-order valence-electron chi connectivity index (χ4n) is 5.88. The van der Waals surface area contributed by atoms with Crippen LogP contribution in [0.2, 0.25) is 0 Å². The Morgan fingerprint density at radius 2 is 1.83 bits per heavy atom. The summed E-state index contributed by atoms with van der Waals surface area (Å²) in [5.41, 5.74) is 6.00. The molecule has 0 heterocycles. The molecule has 0 heteroatoms. The van der Waals surface area contributed by atoms with Gasteiger partial charge in [-0.25, -0.2) is 0 Å². The van der Waals surface area contributed by atoms with Gasteiger partial charge in [0.1, 0.15) is 0 Å². The summed E-state index contributed by atoms with van der Waals surface area (Å²) in [4.78, 5) is 0. The summed E-state index contributed by atoms with van der Waals surface area (Å²) in [5, 5.41) is 0. The normalized spacial score (nSPS) is 43.8. The van der Waals surface area contributed by atoms with Crippen molar-refractivity contribution < 1.29 is 0 Å². The minimum absolute atomic E-state index is 0.769. The summed E-state index contributed by atoms with van der Waals surface area (Å²) >= 11 is 0. The Balaban J connectivity index is 0.000000753. The summed E-state index contributed by atoms with van der Waals surface area (Å²) in [5.74, 6) is 2.86. The van der Waals surface area contributed by atoms with E-state index in [1.54, 1.807) is 17.6 Å². The second-order valence-corrected chi connectivity index (χ2v) is 8.15. The molecule has 4 aliphatic rings. The van der Waals surface area contributed by atoms with E-state index in [1.807, 2.05) is 19.4 Å². The molecule has 0 aromatic rings. The molecule has 4 aliphatic carbocycles. The predicted molar refractivity (Wildman–Crippen MR) is 101 cm³/mol. The standard InChI is InChI=1S/C21H30.C2H6/c1-3-17-8-6-16(13-15(17)2)7-9-18-5-4-12-21-14-19(21)10-11-20(18)21;1-2/h3,7,9,15,19-20H,4-6,8,10-14H2,1-2H3;1-2H3/b16-7-,17-3-,18-9+;. The third-order valence-electron chi connectivity index (χ3n) is 7.17. The topological polar surface area (TPSA) is 0 Å². The smallest absolute Gasteiger partial charge is 0.0141 e. The molecule has 4 rings (SSSR count). The van der Waals surface area contributed by atoms with E-state index in [2.05, 4.69) is 32.1 Å². The minimum Gasteiger partial charge on any atom is -0.0882 e. The third-order valence-corrected chi connectivity index (χ3v) is 7.17. The molecule has 0 radical (unpaired) electrons. The van der Waals surface area contributed by atoms with Gasteiger partial charge in [0, 0.05) is 0 Å². The maximum atomic E-state index is 2.56. The van der Waals surface area contributed by atoms with Crippen molar-refractivity contribution in [1.29, 1.82) is 0 Å². The van der Waals surface area contributed by atoms with Crippen LogP contribution < -0.4 is 0 Å². The van der Waals surface area contributed by atoms with Crippen LogP contribution in [0.15, 0.2) is 34.9 Å². The van der Waals surface area contributed by atoms with Crippen LogP contribution in [0.5, 0.6) is 0 Å². The molecule has 1 spiro atoms. The lowest BCUT2D eigenvalue weighted by Gasteiger charge is -2.31. The van der Waals surface area contributed by atoms with Gasteiger partial charge in [-0.1, -0.05) is 55.7 Å². The van der Waals surface area contributed by atoms with Gasteiger partial charge in [0.25, 0.3) is 0 Å². The maximum Gasteiger partial charge on any atom is -0.0141 e. The van der Waals surface area contributed by atoms with Crippen LogP contribution in [0.1, 0.15) is 85.5 Å². The lowest BCUT2D eigenvalue weighted by atomic mass is 9.73. The first-order valence-electron chi connectivity index (χ1n) is 10.3. The van der Waals surface area contributed by atoms with Crippen LogP contribution in [0.3, 0.4) is 0 Å². The molecule has 0 aliphatic heterocycles. The summed E-state index contributed by atoms with van der Waals surface area (Å²) in [6, 6.07) is 0. The summed E-state index contributed by atoms with van der Waals surface area (Å²) < 4.78 is 0. The maximum absolute atomic E-state index is 2.56. The van der Waals surface area contributed by atoms with Crippen LogP contribution in [0.4, 0.5) is 0 Å². The highest BCUT2D eigenvalue weighted by atomic mass is 14.7. The number of rotatable bonds is 1. The Bertz CT molecular complexity index is 518. The molecule has 0 aromatic carbocycles. The largest absolute Gasteiger partial charge is 0.0882 e. The summed E-state index contributed by atoms with van der Waals surface area (Å²) in [6.45, 7) is 8.60. The molecule has 0 saturated heterocycles. The van der Waals surface area contributed by atoms with E-state index in [9.17, 15) is 0 Å². The van der Waals surface area contributed by atoms with Crippen molar-refractivity contribution >= 4 is 0 Å². The monoisotopic (exact) mass is 312 g/mol. The molecule has 4 unspecified atom stereocenters. The Labute approximate surface area is 144 Å². The highest BCUT2D eigenvalue weighted by Crippen LogP contribution is 2.72. The zero-order valence-electron chi connectivity index (χ0n) is 15.8. The van der Waals surface area contributed by atoms with Crippen LogP contribution in [0.25, 0.3) is 0 Å². The first kappa shape index (κ1) is 17.1. The first-order valence-corrected chi connectivity index (χ1v) is 10.3. The molecule has 4 saturated carbocycles. The highest BCUT2D eigenvalue weighted by Gasteiger charge is 2.63. The number of hydrogen-bond acceptors (Lipinski definition) is 0. The van der Waals surface area contributed by atoms with Gasteiger partial charge in [-0.3, -0.25) is 0 Å². The van der Waals surface area contributed by atoms with Gasteiger partial charge < -0.3 is 0 Å². The van der Waals surface area contributed by atoms with Gasteiger partial charge in [0.05, 0.1) is 0 Å². The summed E-state index contributed by atoms with van der Waals surface area (Å²) in [7, 11) is 0. The average Bonchev–Trinajstić information content (AvgIpc) is 3.15. The second kappa shape index (κ2) is 6.99. The van der Waals surface area contributed by atoms with E-state index in [4.69, 9.17) is 0 Å². The molecule has 0 amide bonds. The average molecular weight is 313 g/mol. The van der Waals surface area contributed by atoms with Crippen molar-refractivity contribution in [3.05, 3.63) is 34.9 Å². The van der Waals surface area contributed by atoms with Crippen molar-refractivity contribution in [3.63, 3.8) is 0 Å². The second-order valence-electron chi connectivity index (χ2n) is 8.15. The van der Waals surface area contributed by atoms with Crippen molar-refractivity contribution in [1.82, 2.24) is 0 Å². The molecule has 128 valence electrons. The number of hydrogen-bond donors (Lipinski definition) is 0. The Kier molecular flexibility index (Phi) is 5.19. The summed E-state index contributed by atoms with van der Waals surface area (Å²) in [6.07, 6.45) is 20.3. The molecular formula is C23H36. The van der Waals surface area contributed by atoms with E-state index >= 15 is 0 Å². The van der Waals surface area contributed by atoms with Crippen LogP contribution >= 0.6 is 0 Å². The fraction of sp³-hybridized carbons (Fsp3) is 0.739. The lowest BCUT2D eigenvalue weighted by Crippen LogP contribution is -2.20. The van der Waals surface area contributed by atoms with E-state index in [-0.39, 0.29) is 0 Å². The van der Waals surface area contributed by atoms with Gasteiger partial charge >= 0.3 is 0 Å². The zero-order valence-corrected chi connectivity index (χ0v) is 15.8. The Hall–Kier alpha value is -0.780. The van der Waals surface area contributed by atoms with Crippen molar-refractivity contribution in [2.24, 2.45) is 23.2 Å². The molecule has 0 bridgehead atoms. The van der Waals surface area contributed by atoms with E-state index in [1.165, 1.54) is 51.4 Å². The quantitative estimate of drug-likeness (QED) is 0.448. The molecule has 4 fully saturated rings. The van der Waals surface area contributed by atoms with Gasteiger partial charge in [0.15, 0.2) is 0 Å². The molecule has 0 nitrogen and oxygen atoms in total.